The topological polar surface area (TPSA) is 201 Å². The molecule has 6 N–H and O–H groups in total. The zero-order valence-corrected chi connectivity index (χ0v) is 57.0. The maximum Gasteiger partial charge on any atom is 0.303 e. The molecule has 3 fully saturated rings. The molecule has 0 amide bonds. The molecule has 6 heterocycles. The summed E-state index contributed by atoms with van der Waals surface area (Å²) < 4.78 is 13.3. The van der Waals surface area contributed by atoms with E-state index >= 15 is 0 Å². The van der Waals surface area contributed by atoms with Gasteiger partial charge in [0.25, 0.3) is 0 Å². The number of carbonyl (C=O) groups is 1. The van der Waals surface area contributed by atoms with Crippen LogP contribution in [0.2, 0.25) is 0 Å². The summed E-state index contributed by atoms with van der Waals surface area (Å²) >= 11 is 0. The molecule has 0 saturated carbocycles. The predicted octanol–water partition coefficient (Wildman–Crippen LogP) is 12.8. The van der Waals surface area contributed by atoms with Crippen molar-refractivity contribution in [2.75, 3.05) is 52.4 Å². The number of nitrogens with one attached hydrogen (secondary N) is 3. The van der Waals surface area contributed by atoms with Crippen LogP contribution in [-0.2, 0) is 63.0 Å². The van der Waals surface area contributed by atoms with Crippen molar-refractivity contribution in [1.29, 1.82) is 0 Å². The summed E-state index contributed by atoms with van der Waals surface area (Å²) in [6.45, 7) is 19.7. The average Bonchev–Trinajstić information content (AvgIpc) is 1.61. The number of carboxylic acids is 1. The van der Waals surface area contributed by atoms with E-state index in [-0.39, 0.29) is 18.3 Å². The van der Waals surface area contributed by atoms with Crippen LogP contribution in [0.15, 0.2) is 176 Å². The van der Waals surface area contributed by atoms with Crippen molar-refractivity contribution in [1.82, 2.24) is 60.6 Å². The van der Waals surface area contributed by atoms with E-state index in [1.54, 1.807) is 30.3 Å². The summed E-state index contributed by atoms with van der Waals surface area (Å²) in [7, 11) is 0. The van der Waals surface area contributed by atoms with Gasteiger partial charge in [-0.2, -0.15) is 0 Å². The number of aromatic nitrogens is 6. The molecule has 4 atom stereocenters. The minimum absolute atomic E-state index is 0.179. The summed E-state index contributed by atoms with van der Waals surface area (Å²) in [5.74, 6) is 2.23. The number of rotatable bonds is 26. The molecule has 6 aromatic carbocycles. The molecule has 1 unspecified atom stereocenters. The van der Waals surface area contributed by atoms with Crippen molar-refractivity contribution in [3.8, 4) is 45.3 Å². The first kappa shape index (κ1) is 71.1. The second-order valence-corrected chi connectivity index (χ2v) is 26.2. The zero-order chi connectivity index (χ0) is 67.7. The van der Waals surface area contributed by atoms with E-state index in [9.17, 15) is 19.4 Å². The van der Waals surface area contributed by atoms with Gasteiger partial charge >= 0.3 is 5.97 Å². The van der Waals surface area contributed by atoms with Crippen molar-refractivity contribution < 1.29 is 24.5 Å². The second kappa shape index (κ2) is 36.6. The molecule has 0 aliphatic carbocycles. The monoisotopic (exact) mass is 1310 g/mol. The number of aryl methyl sites for hydroxylation is 7. The molecule has 0 bridgehead atoms. The van der Waals surface area contributed by atoms with Gasteiger partial charge in [0, 0.05) is 144 Å². The average molecular weight is 1310 g/mol. The molecule has 3 saturated heterocycles. The van der Waals surface area contributed by atoms with E-state index < -0.39 is 5.97 Å². The van der Waals surface area contributed by atoms with Crippen LogP contribution in [0.1, 0.15) is 116 Å². The Morgan fingerprint density at radius 2 is 1.11 bits per heavy atom. The molecule has 9 aromatic rings. The Balaban J connectivity index is 0.000000158. The third-order valence-electron chi connectivity index (χ3n) is 18.6. The van der Waals surface area contributed by atoms with Crippen LogP contribution in [0.25, 0.3) is 33.8 Å². The highest BCUT2D eigenvalue weighted by Gasteiger charge is 2.25. The Morgan fingerprint density at radius 1 is 0.577 bits per heavy atom. The molecule has 16 nitrogen and oxygen atoms in total. The number of halogens is 1. The number of aliphatic carboxylic acids is 1. The van der Waals surface area contributed by atoms with E-state index in [1.807, 2.05) is 73.2 Å². The quantitative estimate of drug-likeness (QED) is 0.0299. The number of phenolic OH excluding ortho intramolecular Hbond substituents is 2. The number of piperazine rings is 2. The van der Waals surface area contributed by atoms with Crippen LogP contribution in [0.3, 0.4) is 0 Å². The van der Waals surface area contributed by atoms with Crippen LogP contribution >= 0.6 is 0 Å². The predicted molar refractivity (Wildman–Crippen MR) is 384 cm³/mol. The maximum atomic E-state index is 13.3. The Morgan fingerprint density at radius 3 is 1.70 bits per heavy atom. The van der Waals surface area contributed by atoms with Crippen LogP contribution in [0.5, 0.6) is 11.5 Å². The number of phenols is 2. The molecule has 17 heteroatoms. The minimum Gasteiger partial charge on any atom is -0.508 e. The van der Waals surface area contributed by atoms with Gasteiger partial charge in [-0.3, -0.25) is 19.5 Å². The van der Waals surface area contributed by atoms with Crippen LogP contribution < -0.4 is 16.0 Å². The van der Waals surface area contributed by atoms with Gasteiger partial charge < -0.3 is 31.3 Å². The number of nitrogens with zero attached hydrogens (tertiary/aromatic N) is 9. The van der Waals surface area contributed by atoms with E-state index in [2.05, 4.69) is 140 Å². The minimum atomic E-state index is -0.742. The lowest BCUT2D eigenvalue weighted by Crippen LogP contribution is -2.53. The first-order chi connectivity index (χ1) is 47.2. The van der Waals surface area contributed by atoms with Gasteiger partial charge in [-0.1, -0.05) is 91.9 Å². The molecule has 3 aliphatic rings. The molecule has 0 radical (unpaired) electrons. The molecule has 12 rings (SSSR count). The fourth-order valence-electron chi connectivity index (χ4n) is 13.3. The number of likely N-dealkylation sites (N-methyl/N-ethyl adjacent to an activating group) is 1. The van der Waals surface area contributed by atoms with E-state index in [4.69, 9.17) is 20.1 Å². The van der Waals surface area contributed by atoms with Crippen LogP contribution in [0.4, 0.5) is 4.39 Å². The number of hydrogen-bond donors (Lipinski definition) is 6. The van der Waals surface area contributed by atoms with Crippen molar-refractivity contribution in [2.45, 2.75) is 149 Å². The molecule has 0 spiro atoms. The third kappa shape index (κ3) is 22.4. The number of aromatic hydroxyl groups is 2. The fraction of sp³-hybridized carbons (Fsp3) is 0.388. The summed E-state index contributed by atoms with van der Waals surface area (Å²) in [4.78, 5) is 46.4. The lowest BCUT2D eigenvalue weighted by atomic mass is 10.0. The van der Waals surface area contributed by atoms with Gasteiger partial charge in [0.05, 0.1) is 17.1 Å². The smallest absolute Gasteiger partial charge is 0.303 e. The number of hydrogen-bond acceptors (Lipinski definition) is 15. The lowest BCUT2D eigenvalue weighted by molar-refractivity contribution is -0.137. The van der Waals surface area contributed by atoms with Gasteiger partial charge in [-0.25, -0.2) is 34.3 Å². The highest BCUT2D eigenvalue weighted by molar-refractivity contribution is 5.67. The highest BCUT2D eigenvalue weighted by Crippen LogP contribution is 2.27. The largest absolute Gasteiger partial charge is 0.508 e. The van der Waals surface area contributed by atoms with Crippen LogP contribution in [0, 0.1) is 12.7 Å². The van der Waals surface area contributed by atoms with Gasteiger partial charge in [0.15, 0.2) is 0 Å². The molecule has 508 valence electrons. The maximum absolute atomic E-state index is 13.3. The summed E-state index contributed by atoms with van der Waals surface area (Å²) in [6.07, 6.45) is 15.3. The second-order valence-electron chi connectivity index (χ2n) is 26.2. The first-order valence-electron chi connectivity index (χ1n) is 34.9. The Bertz CT molecular complexity index is 3940. The lowest BCUT2D eigenvalue weighted by Gasteiger charge is -2.37. The zero-order valence-electron chi connectivity index (χ0n) is 57.0. The summed E-state index contributed by atoms with van der Waals surface area (Å²) in [5.41, 5.74) is 14.6. The van der Waals surface area contributed by atoms with Gasteiger partial charge in [-0.05, 0) is 197 Å². The van der Waals surface area contributed by atoms with Crippen molar-refractivity contribution in [3.05, 3.63) is 239 Å². The van der Waals surface area contributed by atoms with Gasteiger partial charge in [0.2, 0.25) is 0 Å². The normalized spacial score (nSPS) is 17.3. The molecule has 3 aromatic heterocycles. The van der Waals surface area contributed by atoms with E-state index in [0.29, 0.717) is 36.0 Å². The number of benzene rings is 6. The standard InChI is InChI=1S/C27H32N4O3.C27H34N4O.C26H31FN4/c32-24-8-2-4-20(17-24)5-3-9-26-29-13-12-25(30-26)22-7-1-6-21(16-22)19-31-15-14-28-18-23(31)10-11-27(33)34;1-19-10-11-23(18-31-17-20(2)29-16-21(31)3)15-25(19)26-12-13-28-27(30-26)9-5-7-22-6-4-8-24(32)14-22;1-2-31(24-12-14-28-18-24)19-21-8-3-9-22(16-21)25-13-15-29-26(30-25)11-5-7-20-6-4-10-23(27)17-20/h1-2,4,6-8,12-13,16-17,23,28,32H,3,5,9-11,14-15,18-19H2,(H,33,34);4,6,8,10-15,20-21,29,32H,5,7,9,16-18H2,1-3H3;3-4,6,8-10,13,15-17,24,28H,2,5,7,11-12,14,18-19H2,1H3/t;20-,21-;24-/m.00/s1. The summed E-state index contributed by atoms with van der Waals surface area (Å²) in [6, 6.07) is 53.4. The van der Waals surface area contributed by atoms with Crippen molar-refractivity contribution in [3.63, 3.8) is 0 Å². The first-order valence-corrected chi connectivity index (χ1v) is 34.9. The molecule has 97 heavy (non-hydrogen) atoms. The van der Waals surface area contributed by atoms with E-state index in [1.165, 1.54) is 40.3 Å². The van der Waals surface area contributed by atoms with Crippen molar-refractivity contribution >= 4 is 5.97 Å². The molecular weight excluding hydrogens is 1210 g/mol. The Kier molecular flexibility index (Phi) is 26.8. The van der Waals surface area contributed by atoms with Gasteiger partial charge in [0.1, 0.15) is 34.8 Å². The third-order valence-corrected chi connectivity index (χ3v) is 18.6. The van der Waals surface area contributed by atoms with Crippen molar-refractivity contribution in [2.24, 2.45) is 0 Å². The highest BCUT2D eigenvalue weighted by atomic mass is 19.1. The SMILES string of the molecule is CCN(Cc1cccc(-c2ccnc(CCCc3cccc(F)c3)n2)c1)[C@H]1CCNC1.Cc1ccc(CN2C[C@H](C)NC[C@@H]2C)cc1-c1ccnc(CCCc2cccc(O)c2)n1.O=C(O)CCC1CNCCN1Cc1cccc(-c2ccnc(CCCc3cccc(O)c3)n2)c1. The number of carboxylic acid groups (broad SMARTS) is 1. The summed E-state index contributed by atoms with van der Waals surface area (Å²) in [5, 5.41) is 38.7. The van der Waals surface area contributed by atoms with E-state index in [0.717, 1.165) is 192 Å². The van der Waals surface area contributed by atoms with Gasteiger partial charge in [-0.15, -0.1) is 0 Å². The Hall–Kier alpha value is -8.68. The molecular formula is C80H97FN12O4. The molecule has 3 aliphatic heterocycles. The Labute approximate surface area is 573 Å². The fourth-order valence-corrected chi connectivity index (χ4v) is 13.3. The van der Waals surface area contributed by atoms with Crippen LogP contribution in [-0.4, -0.2) is 142 Å².